The number of carbonyl (C=O) groups excluding carboxylic acids is 1. The average molecular weight is 319 g/mol. The number of likely N-dealkylation sites (tertiary alicyclic amines) is 1. The van der Waals surface area contributed by atoms with Gasteiger partial charge in [0.25, 0.3) is 0 Å². The minimum atomic E-state index is -0.0780. The predicted octanol–water partition coefficient (Wildman–Crippen LogP) is 4.19. The Morgan fingerprint density at radius 2 is 2.00 bits per heavy atom. The zero-order valence-corrected chi connectivity index (χ0v) is 13.6. The summed E-state index contributed by atoms with van der Waals surface area (Å²) in [5.74, 6) is 0. The van der Waals surface area contributed by atoms with E-state index in [0.717, 1.165) is 32.2 Å². The van der Waals surface area contributed by atoms with Gasteiger partial charge in [-0.05, 0) is 49.4 Å². The standard InChI is InChI=1S/C20H21N3O/c21-15-17-9-6-10-18(13-17)22-20(24)23-12-5-4-11-19(23)14-16-7-2-1-3-8-16/h1-3,6-10,13,19H,4-5,11-12,14H2,(H,22,24)/t19-/m0/s1. The van der Waals surface area contributed by atoms with Crippen LogP contribution in [0.5, 0.6) is 0 Å². The van der Waals surface area contributed by atoms with Crippen LogP contribution in [-0.4, -0.2) is 23.5 Å². The van der Waals surface area contributed by atoms with E-state index in [1.807, 2.05) is 29.2 Å². The molecule has 0 saturated carbocycles. The van der Waals surface area contributed by atoms with Gasteiger partial charge in [0.2, 0.25) is 0 Å². The van der Waals surface area contributed by atoms with Gasteiger partial charge in [0.15, 0.2) is 0 Å². The van der Waals surface area contributed by atoms with Crippen molar-refractivity contribution in [3.63, 3.8) is 0 Å². The molecule has 1 N–H and O–H groups in total. The SMILES string of the molecule is N#Cc1cccc(NC(=O)N2CCCC[C@H]2Cc2ccccc2)c1. The third-order valence-electron chi connectivity index (χ3n) is 4.45. The first-order valence-electron chi connectivity index (χ1n) is 8.38. The molecule has 1 heterocycles. The third kappa shape index (κ3) is 3.94. The topological polar surface area (TPSA) is 56.1 Å². The molecule has 122 valence electrons. The molecule has 1 saturated heterocycles. The molecule has 4 nitrogen and oxygen atoms in total. The molecule has 1 atom stereocenters. The van der Waals surface area contributed by atoms with E-state index < -0.39 is 0 Å². The molecular formula is C20H21N3O. The van der Waals surface area contributed by atoms with E-state index in [1.54, 1.807) is 18.2 Å². The number of hydrogen-bond donors (Lipinski definition) is 1. The number of carbonyl (C=O) groups is 1. The lowest BCUT2D eigenvalue weighted by molar-refractivity contribution is 0.162. The number of anilines is 1. The number of amides is 2. The van der Waals surface area contributed by atoms with Gasteiger partial charge in [0.1, 0.15) is 0 Å². The zero-order chi connectivity index (χ0) is 16.8. The van der Waals surface area contributed by atoms with E-state index in [2.05, 4.69) is 23.5 Å². The molecule has 1 fully saturated rings. The van der Waals surface area contributed by atoms with E-state index in [1.165, 1.54) is 5.56 Å². The number of urea groups is 1. The van der Waals surface area contributed by atoms with Crippen LogP contribution in [0.4, 0.5) is 10.5 Å². The van der Waals surface area contributed by atoms with Crippen molar-refractivity contribution >= 4 is 11.7 Å². The van der Waals surface area contributed by atoms with E-state index >= 15 is 0 Å². The summed E-state index contributed by atoms with van der Waals surface area (Å²) in [7, 11) is 0. The lowest BCUT2D eigenvalue weighted by Gasteiger charge is -2.36. The number of nitrogens with one attached hydrogen (secondary N) is 1. The number of benzene rings is 2. The van der Waals surface area contributed by atoms with E-state index in [4.69, 9.17) is 5.26 Å². The lowest BCUT2D eigenvalue weighted by Crippen LogP contribution is -2.46. The van der Waals surface area contributed by atoms with Crippen molar-refractivity contribution in [3.8, 4) is 6.07 Å². The summed E-state index contributed by atoms with van der Waals surface area (Å²) in [4.78, 5) is 14.6. The molecule has 0 spiro atoms. The van der Waals surface area contributed by atoms with Crippen molar-refractivity contribution in [1.82, 2.24) is 4.90 Å². The maximum absolute atomic E-state index is 12.7. The van der Waals surface area contributed by atoms with E-state index in [-0.39, 0.29) is 12.1 Å². The normalized spacial score (nSPS) is 17.1. The third-order valence-corrected chi connectivity index (χ3v) is 4.45. The van der Waals surface area contributed by atoms with Crippen LogP contribution in [0.2, 0.25) is 0 Å². The highest BCUT2D eigenvalue weighted by molar-refractivity contribution is 5.89. The van der Waals surface area contributed by atoms with Crippen molar-refractivity contribution in [2.24, 2.45) is 0 Å². The number of nitrogens with zero attached hydrogens (tertiary/aromatic N) is 2. The molecule has 1 aliphatic heterocycles. The number of hydrogen-bond acceptors (Lipinski definition) is 2. The molecule has 0 bridgehead atoms. The van der Waals surface area contributed by atoms with Crippen molar-refractivity contribution in [2.75, 3.05) is 11.9 Å². The van der Waals surface area contributed by atoms with Gasteiger partial charge in [-0.1, -0.05) is 36.4 Å². The summed E-state index contributed by atoms with van der Waals surface area (Å²) in [5.41, 5.74) is 2.48. The fourth-order valence-electron chi connectivity index (χ4n) is 3.23. The smallest absolute Gasteiger partial charge is 0.321 e. The lowest BCUT2D eigenvalue weighted by atomic mass is 9.96. The Bertz CT molecular complexity index is 736. The highest BCUT2D eigenvalue weighted by Crippen LogP contribution is 2.22. The molecule has 2 amide bonds. The fraction of sp³-hybridized carbons (Fsp3) is 0.300. The first kappa shape index (κ1) is 16.1. The molecule has 0 aromatic heterocycles. The summed E-state index contributed by atoms with van der Waals surface area (Å²) < 4.78 is 0. The second-order valence-electron chi connectivity index (χ2n) is 6.16. The van der Waals surface area contributed by atoms with Gasteiger partial charge >= 0.3 is 6.03 Å². The largest absolute Gasteiger partial charge is 0.322 e. The van der Waals surface area contributed by atoms with Gasteiger partial charge in [-0.3, -0.25) is 0 Å². The molecule has 2 aromatic rings. The van der Waals surface area contributed by atoms with Gasteiger partial charge < -0.3 is 10.2 Å². The monoisotopic (exact) mass is 319 g/mol. The highest BCUT2D eigenvalue weighted by Gasteiger charge is 2.26. The summed E-state index contributed by atoms with van der Waals surface area (Å²) in [5, 5.41) is 11.9. The highest BCUT2D eigenvalue weighted by atomic mass is 16.2. The first-order valence-corrected chi connectivity index (χ1v) is 8.38. The van der Waals surface area contributed by atoms with Gasteiger partial charge in [0, 0.05) is 18.3 Å². The van der Waals surface area contributed by atoms with Gasteiger partial charge in [-0.25, -0.2) is 4.79 Å². The van der Waals surface area contributed by atoms with Gasteiger partial charge in [-0.2, -0.15) is 5.26 Å². The number of rotatable bonds is 3. The quantitative estimate of drug-likeness (QED) is 0.922. The Morgan fingerprint density at radius 3 is 2.79 bits per heavy atom. The van der Waals surface area contributed by atoms with Crippen LogP contribution in [0.3, 0.4) is 0 Å². The van der Waals surface area contributed by atoms with Crippen LogP contribution >= 0.6 is 0 Å². The van der Waals surface area contributed by atoms with Crippen LogP contribution in [0.25, 0.3) is 0 Å². The molecule has 2 aromatic carbocycles. The summed E-state index contributed by atoms with van der Waals surface area (Å²) in [6, 6.07) is 19.6. The van der Waals surface area contributed by atoms with Crippen molar-refractivity contribution in [1.29, 1.82) is 5.26 Å². The molecule has 0 aliphatic carbocycles. The maximum atomic E-state index is 12.7. The molecule has 0 radical (unpaired) electrons. The Balaban J connectivity index is 1.70. The van der Waals surface area contributed by atoms with Crippen molar-refractivity contribution in [2.45, 2.75) is 31.7 Å². The summed E-state index contributed by atoms with van der Waals surface area (Å²) in [6.07, 6.45) is 4.11. The second kappa shape index (κ2) is 7.65. The second-order valence-corrected chi connectivity index (χ2v) is 6.16. The van der Waals surface area contributed by atoms with Crippen LogP contribution in [0, 0.1) is 11.3 Å². The molecule has 1 aliphatic rings. The average Bonchev–Trinajstić information content (AvgIpc) is 2.63. The minimum absolute atomic E-state index is 0.0780. The zero-order valence-electron chi connectivity index (χ0n) is 13.6. The summed E-state index contributed by atoms with van der Waals surface area (Å²) in [6.45, 7) is 0.779. The molecule has 4 heteroatoms. The van der Waals surface area contributed by atoms with E-state index in [9.17, 15) is 4.79 Å². The molecule has 24 heavy (non-hydrogen) atoms. The number of piperidine rings is 1. The van der Waals surface area contributed by atoms with Gasteiger partial charge in [0.05, 0.1) is 11.6 Å². The Kier molecular flexibility index (Phi) is 5.12. The Labute approximate surface area is 142 Å². The maximum Gasteiger partial charge on any atom is 0.322 e. The van der Waals surface area contributed by atoms with Crippen LogP contribution in [0.15, 0.2) is 54.6 Å². The predicted molar refractivity (Wildman–Crippen MR) is 94.7 cm³/mol. The summed E-state index contributed by atoms with van der Waals surface area (Å²) >= 11 is 0. The van der Waals surface area contributed by atoms with Crippen molar-refractivity contribution < 1.29 is 4.79 Å². The van der Waals surface area contributed by atoms with Crippen molar-refractivity contribution in [3.05, 3.63) is 65.7 Å². The Hall–Kier alpha value is -2.80. The minimum Gasteiger partial charge on any atom is -0.321 e. The molecular weight excluding hydrogens is 298 g/mol. The van der Waals surface area contributed by atoms with Crippen LogP contribution in [-0.2, 0) is 6.42 Å². The van der Waals surface area contributed by atoms with Gasteiger partial charge in [-0.15, -0.1) is 0 Å². The Morgan fingerprint density at radius 1 is 1.17 bits per heavy atom. The number of nitriles is 1. The first-order chi connectivity index (χ1) is 11.8. The van der Waals surface area contributed by atoms with Crippen LogP contribution < -0.4 is 5.32 Å². The molecule has 3 rings (SSSR count). The molecule has 0 unspecified atom stereocenters. The van der Waals surface area contributed by atoms with Crippen LogP contribution in [0.1, 0.15) is 30.4 Å². The van der Waals surface area contributed by atoms with E-state index in [0.29, 0.717) is 11.3 Å². The fourth-order valence-corrected chi connectivity index (χ4v) is 3.23.